The fraction of sp³-hybridized carbons (Fsp3) is 0.619. The lowest BCUT2D eigenvalue weighted by Gasteiger charge is -2.40. The molecule has 2 aliphatic rings. The summed E-state index contributed by atoms with van der Waals surface area (Å²) in [5.41, 5.74) is 2.01. The Bertz CT molecular complexity index is 643. The van der Waals surface area contributed by atoms with Crippen molar-refractivity contribution < 1.29 is 9.59 Å². The zero-order valence-corrected chi connectivity index (χ0v) is 15.6. The first-order valence-corrected chi connectivity index (χ1v) is 9.69. The number of nitrogens with one attached hydrogen (secondary N) is 1. The van der Waals surface area contributed by atoms with Gasteiger partial charge in [-0.15, -0.1) is 0 Å². The van der Waals surface area contributed by atoms with Crippen molar-refractivity contribution >= 4 is 17.5 Å². The molecule has 1 aromatic carbocycles. The lowest BCUT2D eigenvalue weighted by Crippen LogP contribution is -2.45. The van der Waals surface area contributed by atoms with Crippen LogP contribution in [0.3, 0.4) is 0 Å². The zero-order valence-electron chi connectivity index (χ0n) is 15.6. The highest BCUT2D eigenvalue weighted by molar-refractivity contribution is 5.97. The maximum Gasteiger partial charge on any atom is 0.229 e. The van der Waals surface area contributed by atoms with E-state index in [1.807, 2.05) is 29.2 Å². The molecule has 4 nitrogen and oxygen atoms in total. The van der Waals surface area contributed by atoms with Crippen molar-refractivity contribution in [2.24, 2.45) is 17.8 Å². The van der Waals surface area contributed by atoms with Crippen LogP contribution in [0.4, 0.5) is 5.69 Å². The number of aryl methyl sites for hydroxylation is 1. The smallest absolute Gasteiger partial charge is 0.229 e. The van der Waals surface area contributed by atoms with Crippen molar-refractivity contribution in [3.63, 3.8) is 0 Å². The Kier molecular flexibility index (Phi) is 5.45. The number of nitrogens with zero attached hydrogens (tertiary/aromatic N) is 1. The summed E-state index contributed by atoms with van der Waals surface area (Å²) in [5.74, 6) is 1.06. The molecule has 1 aliphatic carbocycles. The van der Waals surface area contributed by atoms with Gasteiger partial charge in [0.05, 0.1) is 5.92 Å². The number of likely N-dealkylation sites (tertiary alicyclic amines) is 1. The van der Waals surface area contributed by atoms with Crippen LogP contribution in [-0.2, 0) is 16.0 Å². The van der Waals surface area contributed by atoms with Crippen molar-refractivity contribution in [3.8, 4) is 0 Å². The van der Waals surface area contributed by atoms with E-state index in [0.717, 1.165) is 24.1 Å². The first kappa shape index (κ1) is 18.0. The second-order valence-corrected chi connectivity index (χ2v) is 7.78. The summed E-state index contributed by atoms with van der Waals surface area (Å²) < 4.78 is 0. The first-order valence-electron chi connectivity index (χ1n) is 9.69. The molecule has 136 valence electrons. The summed E-state index contributed by atoms with van der Waals surface area (Å²) in [6.07, 6.45) is 4.73. The molecule has 1 aromatic rings. The van der Waals surface area contributed by atoms with E-state index < -0.39 is 0 Å². The number of benzene rings is 1. The van der Waals surface area contributed by atoms with Crippen LogP contribution in [0.15, 0.2) is 24.3 Å². The highest BCUT2D eigenvalue weighted by Gasteiger charge is 2.41. The van der Waals surface area contributed by atoms with E-state index in [9.17, 15) is 9.59 Å². The van der Waals surface area contributed by atoms with Crippen LogP contribution < -0.4 is 5.32 Å². The van der Waals surface area contributed by atoms with E-state index in [-0.39, 0.29) is 17.7 Å². The van der Waals surface area contributed by atoms with Gasteiger partial charge >= 0.3 is 0 Å². The summed E-state index contributed by atoms with van der Waals surface area (Å²) in [4.78, 5) is 27.3. The molecule has 1 saturated heterocycles. The Morgan fingerprint density at radius 2 is 2.00 bits per heavy atom. The Balaban J connectivity index is 1.66. The second kappa shape index (κ2) is 7.59. The molecule has 4 heteroatoms. The summed E-state index contributed by atoms with van der Waals surface area (Å²) in [6.45, 7) is 7.19. The van der Waals surface area contributed by atoms with Crippen LogP contribution in [-0.4, -0.2) is 29.3 Å². The molecule has 1 N–H and O–H groups in total. The van der Waals surface area contributed by atoms with Crippen LogP contribution in [0, 0.1) is 17.8 Å². The summed E-state index contributed by atoms with van der Waals surface area (Å²) in [6, 6.07) is 8.20. The second-order valence-electron chi connectivity index (χ2n) is 7.78. The Hall–Kier alpha value is -1.84. The third-order valence-electron chi connectivity index (χ3n) is 6.25. The largest absolute Gasteiger partial charge is 0.339 e. The Morgan fingerprint density at radius 3 is 2.76 bits per heavy atom. The maximum atomic E-state index is 12.7. The van der Waals surface area contributed by atoms with E-state index >= 15 is 0 Å². The topological polar surface area (TPSA) is 49.4 Å². The highest BCUT2D eigenvalue weighted by atomic mass is 16.2. The molecule has 0 radical (unpaired) electrons. The van der Waals surface area contributed by atoms with Gasteiger partial charge in [-0.2, -0.15) is 0 Å². The van der Waals surface area contributed by atoms with Crippen LogP contribution in [0.1, 0.15) is 52.0 Å². The summed E-state index contributed by atoms with van der Waals surface area (Å²) >= 11 is 0. The normalized spacial score (nSPS) is 29.7. The van der Waals surface area contributed by atoms with Gasteiger partial charge in [-0.25, -0.2) is 0 Å². The van der Waals surface area contributed by atoms with Crippen LogP contribution in [0.2, 0.25) is 0 Å². The van der Waals surface area contributed by atoms with E-state index in [2.05, 4.69) is 26.1 Å². The van der Waals surface area contributed by atoms with Gasteiger partial charge < -0.3 is 10.2 Å². The average Bonchev–Trinajstić information content (AvgIpc) is 2.99. The third kappa shape index (κ3) is 3.73. The quantitative estimate of drug-likeness (QED) is 0.903. The molecule has 2 amide bonds. The molecule has 1 heterocycles. The molecule has 0 unspecified atom stereocenters. The Morgan fingerprint density at radius 1 is 1.24 bits per heavy atom. The fourth-order valence-electron chi connectivity index (χ4n) is 4.41. The van der Waals surface area contributed by atoms with Gasteiger partial charge in [0.15, 0.2) is 0 Å². The summed E-state index contributed by atoms with van der Waals surface area (Å²) in [5, 5.41) is 3.05. The van der Waals surface area contributed by atoms with E-state index in [4.69, 9.17) is 0 Å². The van der Waals surface area contributed by atoms with Crippen LogP contribution in [0.5, 0.6) is 0 Å². The van der Waals surface area contributed by atoms with Gasteiger partial charge in [0, 0.05) is 24.7 Å². The van der Waals surface area contributed by atoms with Gasteiger partial charge in [0.25, 0.3) is 0 Å². The molecule has 25 heavy (non-hydrogen) atoms. The molecule has 0 aromatic heterocycles. The predicted molar refractivity (Wildman–Crippen MR) is 100 cm³/mol. The number of carbonyl (C=O) groups excluding carboxylic acids is 2. The van der Waals surface area contributed by atoms with Gasteiger partial charge in [-0.1, -0.05) is 51.8 Å². The molecule has 3 rings (SSSR count). The van der Waals surface area contributed by atoms with Gasteiger partial charge in [-0.3, -0.25) is 9.59 Å². The lowest BCUT2D eigenvalue weighted by atomic mass is 9.77. The van der Waals surface area contributed by atoms with E-state index in [1.165, 1.54) is 12.8 Å². The zero-order chi connectivity index (χ0) is 18.0. The molecule has 1 aliphatic heterocycles. The molecule has 0 bridgehead atoms. The number of anilines is 1. The van der Waals surface area contributed by atoms with E-state index in [0.29, 0.717) is 30.8 Å². The SMILES string of the molecule is CCc1ccccc1NC(=O)[C@H]1CC(=O)N([C@@H]2CCC[C@H](C)[C@@H]2C)C1. The number of amides is 2. The average molecular weight is 342 g/mol. The van der Waals surface area contributed by atoms with E-state index in [1.54, 1.807) is 0 Å². The van der Waals surface area contributed by atoms with Crippen molar-refractivity contribution in [1.29, 1.82) is 0 Å². The number of hydrogen-bond donors (Lipinski definition) is 1. The molecular weight excluding hydrogens is 312 g/mol. The standard InChI is InChI=1S/C21H30N2O2/c1-4-16-9-5-6-10-18(16)22-21(25)17-12-20(24)23(13-17)19-11-7-8-14(2)15(19)3/h5-6,9-10,14-15,17,19H,4,7-8,11-13H2,1-3H3,(H,22,25)/t14-,15-,17-,19+/m0/s1. The third-order valence-corrected chi connectivity index (χ3v) is 6.25. The molecule has 2 fully saturated rings. The van der Waals surface area contributed by atoms with Gasteiger partial charge in [0.2, 0.25) is 11.8 Å². The number of hydrogen-bond acceptors (Lipinski definition) is 2. The molecule has 0 spiro atoms. The van der Waals surface area contributed by atoms with Crippen LogP contribution >= 0.6 is 0 Å². The van der Waals surface area contributed by atoms with Crippen molar-refractivity contribution in [1.82, 2.24) is 4.90 Å². The molecular formula is C21H30N2O2. The van der Waals surface area contributed by atoms with Gasteiger partial charge in [-0.05, 0) is 36.3 Å². The summed E-state index contributed by atoms with van der Waals surface area (Å²) in [7, 11) is 0. The maximum absolute atomic E-state index is 12.7. The Labute approximate surface area is 151 Å². The van der Waals surface area contributed by atoms with Gasteiger partial charge in [0.1, 0.15) is 0 Å². The minimum Gasteiger partial charge on any atom is -0.339 e. The minimum atomic E-state index is -0.234. The molecule has 1 saturated carbocycles. The predicted octanol–water partition coefficient (Wildman–Crippen LogP) is 3.86. The number of rotatable bonds is 4. The van der Waals surface area contributed by atoms with Crippen LogP contribution in [0.25, 0.3) is 0 Å². The first-order chi connectivity index (χ1) is 12.0. The van der Waals surface area contributed by atoms with Crippen molar-refractivity contribution in [2.75, 3.05) is 11.9 Å². The highest BCUT2D eigenvalue weighted by Crippen LogP contribution is 2.36. The fourth-order valence-corrected chi connectivity index (χ4v) is 4.41. The minimum absolute atomic E-state index is 0.0201. The number of carbonyl (C=O) groups is 2. The molecule has 4 atom stereocenters. The monoisotopic (exact) mass is 342 g/mol. The van der Waals surface area contributed by atoms with Crippen molar-refractivity contribution in [2.45, 2.75) is 58.9 Å². The van der Waals surface area contributed by atoms with Crippen molar-refractivity contribution in [3.05, 3.63) is 29.8 Å². The lowest BCUT2D eigenvalue weighted by molar-refractivity contribution is -0.131. The number of para-hydroxylation sites is 1.